The first-order valence-electron chi connectivity index (χ1n) is 6.65. The Hall–Kier alpha value is -0.0400. The van der Waals surface area contributed by atoms with Gasteiger partial charge in [0.15, 0.2) is 0 Å². The third kappa shape index (κ3) is 1.63. The van der Waals surface area contributed by atoms with Gasteiger partial charge in [-0.05, 0) is 41.9 Å². The first-order valence-corrected chi connectivity index (χ1v) is 6.65. The van der Waals surface area contributed by atoms with Crippen LogP contribution in [-0.2, 0) is 0 Å². The van der Waals surface area contributed by atoms with Crippen LogP contribution in [0.2, 0.25) is 0 Å². The van der Waals surface area contributed by atoms with Gasteiger partial charge in [0, 0.05) is 0 Å². The van der Waals surface area contributed by atoms with E-state index in [1.165, 1.54) is 25.7 Å². The van der Waals surface area contributed by atoms with E-state index in [9.17, 15) is 5.11 Å². The van der Waals surface area contributed by atoms with E-state index in [1.807, 2.05) is 0 Å². The minimum absolute atomic E-state index is 0.0750. The Bertz CT molecular complexity index is 237. The van der Waals surface area contributed by atoms with Gasteiger partial charge in [0.2, 0.25) is 0 Å². The molecule has 1 heteroatoms. The van der Waals surface area contributed by atoms with Crippen LogP contribution >= 0.6 is 0 Å². The number of fused-ring (bicyclic) bond motifs is 1. The molecule has 88 valence electrons. The van der Waals surface area contributed by atoms with Crippen molar-refractivity contribution in [2.75, 3.05) is 0 Å². The molecule has 0 spiro atoms. The summed E-state index contributed by atoms with van der Waals surface area (Å²) in [4.78, 5) is 0. The average molecular weight is 210 g/mol. The van der Waals surface area contributed by atoms with E-state index in [4.69, 9.17) is 0 Å². The second-order valence-electron chi connectivity index (χ2n) is 6.50. The van der Waals surface area contributed by atoms with Crippen LogP contribution in [0.25, 0.3) is 0 Å². The van der Waals surface area contributed by atoms with E-state index in [0.29, 0.717) is 11.8 Å². The molecule has 15 heavy (non-hydrogen) atoms. The maximum absolute atomic E-state index is 10.5. The fourth-order valence-electron chi connectivity index (χ4n) is 4.24. The fraction of sp³-hybridized carbons (Fsp3) is 1.00. The summed E-state index contributed by atoms with van der Waals surface area (Å²) >= 11 is 0. The van der Waals surface area contributed by atoms with E-state index in [1.54, 1.807) is 0 Å². The van der Waals surface area contributed by atoms with Crippen molar-refractivity contribution < 1.29 is 5.11 Å². The molecule has 0 amide bonds. The fourth-order valence-corrected chi connectivity index (χ4v) is 4.24. The van der Waals surface area contributed by atoms with Crippen LogP contribution in [0.5, 0.6) is 0 Å². The summed E-state index contributed by atoms with van der Waals surface area (Å²) in [6.07, 6.45) is 5.17. The summed E-state index contributed by atoms with van der Waals surface area (Å²) in [5.41, 5.74) is 0.212. The van der Waals surface area contributed by atoms with Crippen molar-refractivity contribution in [2.24, 2.45) is 29.1 Å². The first kappa shape index (κ1) is 11.4. The lowest BCUT2D eigenvalue weighted by Crippen LogP contribution is -2.53. The maximum Gasteiger partial charge on any atom is 0.0624 e. The Balaban J connectivity index is 2.26. The summed E-state index contributed by atoms with van der Waals surface area (Å²) in [7, 11) is 0. The topological polar surface area (TPSA) is 20.2 Å². The molecule has 0 aromatic heterocycles. The summed E-state index contributed by atoms with van der Waals surface area (Å²) in [6, 6.07) is 0. The molecule has 1 nitrogen and oxygen atoms in total. The Morgan fingerprint density at radius 2 is 1.80 bits per heavy atom. The number of rotatable bonds is 0. The van der Waals surface area contributed by atoms with E-state index in [0.717, 1.165) is 11.8 Å². The van der Waals surface area contributed by atoms with Gasteiger partial charge in [-0.25, -0.2) is 0 Å². The van der Waals surface area contributed by atoms with Crippen molar-refractivity contribution in [2.45, 2.75) is 59.5 Å². The zero-order chi connectivity index (χ0) is 11.2. The number of aliphatic hydroxyl groups excluding tert-OH is 1. The van der Waals surface area contributed by atoms with Crippen LogP contribution in [0.3, 0.4) is 0 Å². The molecule has 2 unspecified atom stereocenters. The van der Waals surface area contributed by atoms with Crippen LogP contribution in [0.1, 0.15) is 53.4 Å². The smallest absolute Gasteiger partial charge is 0.0624 e. The molecule has 2 aliphatic carbocycles. The highest BCUT2D eigenvalue weighted by atomic mass is 16.3. The van der Waals surface area contributed by atoms with Gasteiger partial charge < -0.3 is 5.11 Å². The highest BCUT2D eigenvalue weighted by Gasteiger charge is 2.51. The van der Waals surface area contributed by atoms with Crippen LogP contribution < -0.4 is 0 Å². The largest absolute Gasteiger partial charge is 0.392 e. The number of aliphatic hydroxyl groups is 1. The van der Waals surface area contributed by atoms with Gasteiger partial charge in [0.25, 0.3) is 0 Å². The third-order valence-electron chi connectivity index (χ3n) is 5.61. The van der Waals surface area contributed by atoms with E-state index < -0.39 is 0 Å². The van der Waals surface area contributed by atoms with E-state index in [2.05, 4.69) is 27.7 Å². The van der Waals surface area contributed by atoms with E-state index in [-0.39, 0.29) is 11.5 Å². The third-order valence-corrected chi connectivity index (χ3v) is 5.61. The summed E-state index contributed by atoms with van der Waals surface area (Å²) in [6.45, 7) is 9.27. The lowest BCUT2D eigenvalue weighted by molar-refractivity contribution is -0.130. The number of hydrogen-bond donors (Lipinski definition) is 1. The summed E-state index contributed by atoms with van der Waals surface area (Å²) < 4.78 is 0. The van der Waals surface area contributed by atoms with Crippen molar-refractivity contribution in [3.05, 3.63) is 0 Å². The monoisotopic (exact) mass is 210 g/mol. The highest BCUT2D eigenvalue weighted by Crippen LogP contribution is 2.55. The Morgan fingerprint density at radius 3 is 2.47 bits per heavy atom. The lowest BCUT2D eigenvalue weighted by atomic mass is 9.52. The zero-order valence-corrected chi connectivity index (χ0v) is 10.7. The van der Waals surface area contributed by atoms with Gasteiger partial charge in [-0.1, -0.05) is 40.5 Å². The van der Waals surface area contributed by atoms with E-state index >= 15 is 0 Å². The van der Waals surface area contributed by atoms with Crippen molar-refractivity contribution in [1.29, 1.82) is 0 Å². The molecule has 0 aromatic carbocycles. The molecule has 6 atom stereocenters. The standard InChI is InChI=1S/C14H26O/c1-9-6-5-7-14(4)12(9)8-10(2)11(3)13(14)15/h9-13,15H,5-8H2,1-4H3/t9-,10+,11?,12?,13-,14+/m1/s1. The molecule has 2 rings (SSSR count). The van der Waals surface area contributed by atoms with Gasteiger partial charge in [0.1, 0.15) is 0 Å². The second-order valence-corrected chi connectivity index (χ2v) is 6.50. The minimum Gasteiger partial charge on any atom is -0.392 e. The van der Waals surface area contributed by atoms with Gasteiger partial charge >= 0.3 is 0 Å². The molecule has 0 heterocycles. The SMILES string of the molecule is CC1[C@@H](O)[C@@]2(C)CCC[C@@H](C)C2C[C@@H]1C. The molecule has 0 aliphatic heterocycles. The van der Waals surface area contributed by atoms with Crippen molar-refractivity contribution in [1.82, 2.24) is 0 Å². The van der Waals surface area contributed by atoms with Gasteiger partial charge in [-0.2, -0.15) is 0 Å². The molecule has 0 bridgehead atoms. The van der Waals surface area contributed by atoms with Gasteiger partial charge in [0.05, 0.1) is 6.10 Å². The lowest BCUT2D eigenvalue weighted by Gasteiger charge is -2.55. The van der Waals surface area contributed by atoms with Crippen LogP contribution in [-0.4, -0.2) is 11.2 Å². The molecule has 0 aromatic rings. The summed E-state index contributed by atoms with van der Waals surface area (Å²) in [5.74, 6) is 2.75. The Labute approximate surface area is 94.3 Å². The first-order chi connectivity index (χ1) is 6.97. The Kier molecular flexibility index (Phi) is 2.87. The molecular formula is C14H26O. The van der Waals surface area contributed by atoms with Crippen molar-refractivity contribution >= 4 is 0 Å². The molecule has 0 saturated heterocycles. The second kappa shape index (κ2) is 3.76. The zero-order valence-electron chi connectivity index (χ0n) is 10.7. The van der Waals surface area contributed by atoms with Crippen molar-refractivity contribution in [3.8, 4) is 0 Å². The highest BCUT2D eigenvalue weighted by molar-refractivity contribution is 5.00. The van der Waals surface area contributed by atoms with Gasteiger partial charge in [-0.15, -0.1) is 0 Å². The van der Waals surface area contributed by atoms with Crippen LogP contribution in [0.15, 0.2) is 0 Å². The van der Waals surface area contributed by atoms with Gasteiger partial charge in [-0.3, -0.25) is 0 Å². The maximum atomic E-state index is 10.5. The average Bonchev–Trinajstić information content (AvgIpc) is 2.19. The molecule has 0 radical (unpaired) electrons. The minimum atomic E-state index is -0.0750. The summed E-state index contributed by atoms with van der Waals surface area (Å²) in [5, 5.41) is 10.5. The van der Waals surface area contributed by atoms with Crippen LogP contribution in [0.4, 0.5) is 0 Å². The predicted octanol–water partition coefficient (Wildman–Crippen LogP) is 3.47. The number of hydrogen-bond acceptors (Lipinski definition) is 1. The normalized spacial score (nSPS) is 56.2. The Morgan fingerprint density at radius 1 is 1.13 bits per heavy atom. The molecule has 2 saturated carbocycles. The van der Waals surface area contributed by atoms with Crippen molar-refractivity contribution in [3.63, 3.8) is 0 Å². The molecule has 1 N–H and O–H groups in total. The van der Waals surface area contributed by atoms with Crippen LogP contribution in [0, 0.1) is 29.1 Å². The quantitative estimate of drug-likeness (QED) is 0.649. The predicted molar refractivity (Wildman–Crippen MR) is 63.6 cm³/mol. The molecule has 2 fully saturated rings. The molecule has 2 aliphatic rings. The molecular weight excluding hydrogens is 184 g/mol.